The monoisotopic (exact) mass is 418 g/mol. The minimum Gasteiger partial charge on any atom is -0.421 e. The SMILES string of the molecule is Cc1ccc(-c2nnc(CCC(=O)N(C)Cc3ccccc3N3CCCCC3)o2)cc1. The maximum absolute atomic E-state index is 12.7. The Labute approximate surface area is 183 Å². The molecule has 6 heteroatoms. The zero-order valence-electron chi connectivity index (χ0n) is 18.4. The third kappa shape index (κ3) is 5.32. The molecule has 0 atom stereocenters. The second-order valence-corrected chi connectivity index (χ2v) is 8.29. The third-order valence-electron chi connectivity index (χ3n) is 5.84. The van der Waals surface area contributed by atoms with E-state index in [1.165, 1.54) is 36.1 Å². The van der Waals surface area contributed by atoms with Gasteiger partial charge in [0.1, 0.15) is 0 Å². The standard InChI is InChI=1S/C25H30N4O2/c1-19-10-12-20(13-11-19)25-27-26-23(31-25)14-15-24(30)28(2)18-21-8-4-5-9-22(21)29-16-6-3-7-17-29/h4-5,8-13H,3,6-7,14-18H2,1-2H3. The number of aryl methyl sites for hydroxylation is 2. The molecule has 1 saturated heterocycles. The van der Waals surface area contributed by atoms with Gasteiger partial charge in [-0.25, -0.2) is 0 Å². The number of carbonyl (C=O) groups is 1. The first kappa shape index (κ1) is 21.1. The number of piperidine rings is 1. The van der Waals surface area contributed by atoms with E-state index in [2.05, 4.69) is 33.3 Å². The normalized spacial score (nSPS) is 13.9. The van der Waals surface area contributed by atoms with Gasteiger partial charge < -0.3 is 14.2 Å². The number of amides is 1. The van der Waals surface area contributed by atoms with Crippen molar-refractivity contribution >= 4 is 11.6 Å². The third-order valence-corrected chi connectivity index (χ3v) is 5.84. The first-order valence-electron chi connectivity index (χ1n) is 11.1. The second-order valence-electron chi connectivity index (χ2n) is 8.29. The molecule has 2 aromatic carbocycles. The number of hydrogen-bond donors (Lipinski definition) is 0. The van der Waals surface area contributed by atoms with Gasteiger partial charge in [-0.1, -0.05) is 35.9 Å². The highest BCUT2D eigenvalue weighted by Crippen LogP contribution is 2.25. The van der Waals surface area contributed by atoms with Crippen molar-refractivity contribution in [2.24, 2.45) is 0 Å². The zero-order chi connectivity index (χ0) is 21.6. The summed E-state index contributed by atoms with van der Waals surface area (Å²) in [6.07, 6.45) is 4.56. The molecule has 0 spiro atoms. The van der Waals surface area contributed by atoms with Crippen LogP contribution in [0.3, 0.4) is 0 Å². The van der Waals surface area contributed by atoms with Gasteiger partial charge in [0.25, 0.3) is 0 Å². The molecule has 3 aromatic rings. The first-order chi connectivity index (χ1) is 15.1. The Kier molecular flexibility index (Phi) is 6.65. The molecule has 162 valence electrons. The van der Waals surface area contributed by atoms with Gasteiger partial charge in [0.15, 0.2) is 0 Å². The fourth-order valence-electron chi connectivity index (χ4n) is 4.00. The summed E-state index contributed by atoms with van der Waals surface area (Å²) in [5.41, 5.74) is 4.52. The van der Waals surface area contributed by atoms with E-state index < -0.39 is 0 Å². The van der Waals surface area contributed by atoms with E-state index in [1.54, 1.807) is 4.90 Å². The number of carbonyl (C=O) groups excluding carboxylic acids is 1. The fraction of sp³-hybridized carbons (Fsp3) is 0.400. The van der Waals surface area contributed by atoms with Crippen LogP contribution < -0.4 is 4.90 Å². The van der Waals surface area contributed by atoms with Gasteiger partial charge in [-0.05, 0) is 49.9 Å². The van der Waals surface area contributed by atoms with Crippen LogP contribution in [-0.2, 0) is 17.8 Å². The van der Waals surface area contributed by atoms with Gasteiger partial charge in [0.05, 0.1) is 0 Å². The Bertz CT molecular complexity index is 1010. The molecule has 4 rings (SSSR count). The van der Waals surface area contributed by atoms with Crippen molar-refractivity contribution in [2.45, 2.75) is 45.6 Å². The van der Waals surface area contributed by atoms with Crippen molar-refractivity contribution in [2.75, 3.05) is 25.0 Å². The van der Waals surface area contributed by atoms with Crippen molar-refractivity contribution in [3.8, 4) is 11.5 Å². The number of para-hydroxylation sites is 1. The molecule has 1 aliphatic rings. The zero-order valence-corrected chi connectivity index (χ0v) is 18.4. The van der Waals surface area contributed by atoms with Gasteiger partial charge in [-0.3, -0.25) is 4.79 Å². The molecule has 0 bridgehead atoms. The maximum atomic E-state index is 12.7. The summed E-state index contributed by atoms with van der Waals surface area (Å²) < 4.78 is 5.76. The van der Waals surface area contributed by atoms with E-state index >= 15 is 0 Å². The van der Waals surface area contributed by atoms with Gasteiger partial charge in [0, 0.05) is 50.8 Å². The van der Waals surface area contributed by atoms with E-state index in [4.69, 9.17) is 4.42 Å². The van der Waals surface area contributed by atoms with Gasteiger partial charge >= 0.3 is 0 Å². The number of anilines is 1. The summed E-state index contributed by atoms with van der Waals surface area (Å²) in [5, 5.41) is 8.23. The summed E-state index contributed by atoms with van der Waals surface area (Å²) in [4.78, 5) is 17.0. The van der Waals surface area contributed by atoms with Crippen LogP contribution in [0.25, 0.3) is 11.5 Å². The Morgan fingerprint density at radius 3 is 2.55 bits per heavy atom. The molecule has 0 saturated carbocycles. The summed E-state index contributed by atoms with van der Waals surface area (Å²) in [6, 6.07) is 16.4. The highest BCUT2D eigenvalue weighted by atomic mass is 16.4. The molecule has 0 aliphatic carbocycles. The van der Waals surface area contributed by atoms with Gasteiger partial charge in [0.2, 0.25) is 17.7 Å². The lowest BCUT2D eigenvalue weighted by atomic mass is 10.1. The van der Waals surface area contributed by atoms with E-state index in [1.807, 2.05) is 44.3 Å². The van der Waals surface area contributed by atoms with Crippen LogP contribution >= 0.6 is 0 Å². The largest absolute Gasteiger partial charge is 0.421 e. The Balaban J connectivity index is 1.34. The summed E-state index contributed by atoms with van der Waals surface area (Å²) >= 11 is 0. The van der Waals surface area contributed by atoms with Crippen LogP contribution in [0.1, 0.15) is 42.7 Å². The van der Waals surface area contributed by atoms with Crippen LogP contribution in [0.15, 0.2) is 52.9 Å². The minimum atomic E-state index is 0.0727. The average molecular weight is 419 g/mol. The van der Waals surface area contributed by atoms with Crippen molar-refractivity contribution in [3.63, 3.8) is 0 Å². The molecule has 0 unspecified atom stereocenters. The topological polar surface area (TPSA) is 62.5 Å². The minimum absolute atomic E-state index is 0.0727. The van der Waals surface area contributed by atoms with E-state index in [9.17, 15) is 4.79 Å². The summed E-state index contributed by atoms with van der Waals surface area (Å²) in [5.74, 6) is 1.06. The van der Waals surface area contributed by atoms with Crippen LogP contribution in [0, 0.1) is 6.92 Å². The van der Waals surface area contributed by atoms with E-state index in [-0.39, 0.29) is 5.91 Å². The highest BCUT2D eigenvalue weighted by molar-refractivity contribution is 5.76. The quantitative estimate of drug-likeness (QED) is 0.560. The number of rotatable bonds is 7. The maximum Gasteiger partial charge on any atom is 0.247 e. The Morgan fingerprint density at radius 1 is 1.03 bits per heavy atom. The summed E-state index contributed by atoms with van der Waals surface area (Å²) in [6.45, 7) is 4.82. The average Bonchev–Trinajstić information content (AvgIpc) is 3.28. The smallest absolute Gasteiger partial charge is 0.247 e. The second kappa shape index (κ2) is 9.77. The number of nitrogens with zero attached hydrogens (tertiary/aromatic N) is 4. The number of aromatic nitrogens is 2. The van der Waals surface area contributed by atoms with Crippen molar-refractivity contribution in [1.29, 1.82) is 0 Å². The molecule has 1 fully saturated rings. The van der Waals surface area contributed by atoms with Crippen LogP contribution in [0.5, 0.6) is 0 Å². The molecule has 1 aliphatic heterocycles. The Hall–Kier alpha value is -3.15. The van der Waals surface area contributed by atoms with E-state index in [0.29, 0.717) is 31.2 Å². The lowest BCUT2D eigenvalue weighted by molar-refractivity contribution is -0.130. The predicted octanol–water partition coefficient (Wildman–Crippen LogP) is 4.63. The van der Waals surface area contributed by atoms with Crippen LogP contribution in [0.4, 0.5) is 5.69 Å². The molecular formula is C25H30N4O2. The summed E-state index contributed by atoms with van der Waals surface area (Å²) in [7, 11) is 1.86. The lowest BCUT2D eigenvalue weighted by Gasteiger charge is -2.31. The van der Waals surface area contributed by atoms with Crippen molar-refractivity contribution < 1.29 is 9.21 Å². The van der Waals surface area contributed by atoms with E-state index in [0.717, 1.165) is 18.7 Å². The molecule has 0 N–H and O–H groups in total. The van der Waals surface area contributed by atoms with Crippen molar-refractivity contribution in [1.82, 2.24) is 15.1 Å². The molecule has 1 amide bonds. The molecule has 31 heavy (non-hydrogen) atoms. The number of benzene rings is 2. The van der Waals surface area contributed by atoms with Crippen LogP contribution in [0.2, 0.25) is 0 Å². The molecule has 6 nitrogen and oxygen atoms in total. The molecule has 1 aromatic heterocycles. The number of hydrogen-bond acceptors (Lipinski definition) is 5. The van der Waals surface area contributed by atoms with Gasteiger partial charge in [-0.2, -0.15) is 0 Å². The predicted molar refractivity (Wildman–Crippen MR) is 122 cm³/mol. The molecular weight excluding hydrogens is 388 g/mol. The molecule has 0 radical (unpaired) electrons. The highest BCUT2D eigenvalue weighted by Gasteiger charge is 2.18. The first-order valence-corrected chi connectivity index (χ1v) is 11.1. The van der Waals surface area contributed by atoms with Crippen molar-refractivity contribution in [3.05, 3.63) is 65.5 Å². The fourth-order valence-corrected chi connectivity index (χ4v) is 4.00. The Morgan fingerprint density at radius 2 is 1.77 bits per heavy atom. The van der Waals surface area contributed by atoms with Crippen LogP contribution in [-0.4, -0.2) is 41.1 Å². The van der Waals surface area contributed by atoms with Gasteiger partial charge in [-0.15, -0.1) is 10.2 Å². The lowest BCUT2D eigenvalue weighted by Crippen LogP contribution is -2.32. The molecule has 2 heterocycles.